The van der Waals surface area contributed by atoms with Gasteiger partial charge in [-0.3, -0.25) is 4.79 Å². The van der Waals surface area contributed by atoms with Crippen LogP contribution in [0.1, 0.15) is 30.7 Å². The number of furan rings is 1. The van der Waals surface area contributed by atoms with Crippen LogP contribution in [0.2, 0.25) is 0 Å². The summed E-state index contributed by atoms with van der Waals surface area (Å²) < 4.78 is 38.5. The Morgan fingerprint density at radius 2 is 1.96 bits per heavy atom. The number of carbonyl (C=O) groups excluding carboxylic acids is 1. The number of benzene rings is 2. The Bertz CT molecular complexity index is 1080. The molecular formula is C22H21F2NO3. The molecule has 0 unspecified atom stereocenters. The van der Waals surface area contributed by atoms with E-state index < -0.39 is 17.5 Å². The Labute approximate surface area is 161 Å². The van der Waals surface area contributed by atoms with Crippen LogP contribution in [0.15, 0.2) is 40.8 Å². The molecule has 2 aromatic carbocycles. The van der Waals surface area contributed by atoms with E-state index >= 15 is 0 Å². The standard InChI is InChI=1S/C22H21F2NO3/c1-5-27-20-11-21-17(13(3)14(4)28-21)10-16(20)12(2)8-22(26)25-19-9-15(23)6-7-18(19)24/h6-11H,5H2,1-4H3,(H,25,26)/b12-8+. The van der Waals surface area contributed by atoms with Crippen LogP contribution in [0.5, 0.6) is 5.75 Å². The molecule has 1 heterocycles. The molecule has 1 amide bonds. The van der Waals surface area contributed by atoms with E-state index in [1.807, 2.05) is 26.8 Å². The van der Waals surface area contributed by atoms with Gasteiger partial charge in [0, 0.05) is 29.2 Å². The minimum atomic E-state index is -0.707. The van der Waals surface area contributed by atoms with Crippen LogP contribution < -0.4 is 10.1 Å². The molecule has 0 saturated carbocycles. The fraction of sp³-hybridized carbons (Fsp3) is 0.227. The lowest BCUT2D eigenvalue weighted by Gasteiger charge is -2.11. The van der Waals surface area contributed by atoms with E-state index in [1.165, 1.54) is 6.08 Å². The average Bonchev–Trinajstić information content (AvgIpc) is 2.91. The van der Waals surface area contributed by atoms with E-state index in [1.54, 1.807) is 13.0 Å². The molecule has 4 nitrogen and oxygen atoms in total. The lowest BCUT2D eigenvalue weighted by molar-refractivity contribution is -0.111. The first-order chi connectivity index (χ1) is 13.3. The largest absolute Gasteiger partial charge is 0.493 e. The summed E-state index contributed by atoms with van der Waals surface area (Å²) in [6, 6.07) is 6.60. The number of allylic oxidation sites excluding steroid dienone is 1. The normalized spacial score (nSPS) is 11.7. The zero-order valence-electron chi connectivity index (χ0n) is 16.2. The number of halogens is 2. The maximum absolute atomic E-state index is 13.7. The number of anilines is 1. The number of rotatable bonds is 5. The van der Waals surface area contributed by atoms with Gasteiger partial charge < -0.3 is 14.5 Å². The smallest absolute Gasteiger partial charge is 0.248 e. The zero-order valence-corrected chi connectivity index (χ0v) is 16.2. The van der Waals surface area contributed by atoms with Crippen LogP contribution in [-0.4, -0.2) is 12.5 Å². The third-order valence-electron chi connectivity index (χ3n) is 4.54. The maximum atomic E-state index is 13.7. The molecule has 28 heavy (non-hydrogen) atoms. The van der Waals surface area contributed by atoms with Crippen LogP contribution in [0, 0.1) is 25.5 Å². The van der Waals surface area contributed by atoms with Crippen molar-refractivity contribution in [1.82, 2.24) is 0 Å². The first kappa shape index (κ1) is 19.6. The topological polar surface area (TPSA) is 51.5 Å². The van der Waals surface area contributed by atoms with Crippen molar-refractivity contribution in [2.75, 3.05) is 11.9 Å². The van der Waals surface area contributed by atoms with Crippen molar-refractivity contribution in [3.05, 3.63) is 64.9 Å². The highest BCUT2D eigenvalue weighted by atomic mass is 19.1. The number of ether oxygens (including phenoxy) is 1. The molecule has 0 saturated heterocycles. The molecule has 3 aromatic rings. The predicted molar refractivity (Wildman–Crippen MR) is 105 cm³/mol. The van der Waals surface area contributed by atoms with Crippen molar-refractivity contribution in [2.45, 2.75) is 27.7 Å². The number of carbonyl (C=O) groups is 1. The summed E-state index contributed by atoms with van der Waals surface area (Å²) in [7, 11) is 0. The fourth-order valence-electron chi connectivity index (χ4n) is 2.99. The highest BCUT2D eigenvalue weighted by molar-refractivity contribution is 6.04. The summed E-state index contributed by atoms with van der Waals surface area (Å²) in [4.78, 5) is 12.3. The summed E-state index contributed by atoms with van der Waals surface area (Å²) in [6.07, 6.45) is 1.33. The Kier molecular flexibility index (Phi) is 5.49. The van der Waals surface area contributed by atoms with E-state index in [0.717, 1.165) is 40.5 Å². The number of hydrogen-bond acceptors (Lipinski definition) is 3. The van der Waals surface area contributed by atoms with Gasteiger partial charge in [0.15, 0.2) is 0 Å². The van der Waals surface area contributed by atoms with Crippen molar-refractivity contribution in [3.63, 3.8) is 0 Å². The van der Waals surface area contributed by atoms with Gasteiger partial charge in [-0.25, -0.2) is 8.78 Å². The third-order valence-corrected chi connectivity index (χ3v) is 4.54. The van der Waals surface area contributed by atoms with Gasteiger partial charge in [0.05, 0.1) is 12.3 Å². The fourth-order valence-corrected chi connectivity index (χ4v) is 2.99. The van der Waals surface area contributed by atoms with Crippen LogP contribution >= 0.6 is 0 Å². The van der Waals surface area contributed by atoms with Crippen molar-refractivity contribution < 1.29 is 22.7 Å². The Hall–Kier alpha value is -3.15. The molecule has 146 valence electrons. The summed E-state index contributed by atoms with van der Waals surface area (Å²) >= 11 is 0. The zero-order chi connectivity index (χ0) is 20.4. The molecular weight excluding hydrogens is 364 g/mol. The third kappa shape index (κ3) is 3.91. The molecule has 0 radical (unpaired) electrons. The van der Waals surface area contributed by atoms with Gasteiger partial charge in [-0.05, 0) is 57.0 Å². The Balaban J connectivity index is 1.97. The van der Waals surface area contributed by atoms with Gasteiger partial charge >= 0.3 is 0 Å². The molecule has 0 spiro atoms. The van der Waals surface area contributed by atoms with Crippen LogP contribution in [-0.2, 0) is 4.79 Å². The van der Waals surface area contributed by atoms with Gasteiger partial charge in [0.25, 0.3) is 0 Å². The molecule has 1 aromatic heterocycles. The molecule has 0 aliphatic heterocycles. The van der Waals surface area contributed by atoms with Gasteiger partial charge in [0.1, 0.15) is 28.7 Å². The maximum Gasteiger partial charge on any atom is 0.248 e. The van der Waals surface area contributed by atoms with Crippen LogP contribution in [0.3, 0.4) is 0 Å². The second-order valence-corrected chi connectivity index (χ2v) is 6.50. The average molecular weight is 385 g/mol. The molecule has 6 heteroatoms. The molecule has 3 rings (SSSR count). The predicted octanol–water partition coefficient (Wildman–Crippen LogP) is 5.77. The Morgan fingerprint density at radius 3 is 2.68 bits per heavy atom. The summed E-state index contributed by atoms with van der Waals surface area (Å²) in [5, 5.41) is 3.30. The molecule has 0 aliphatic carbocycles. The van der Waals surface area contributed by atoms with Gasteiger partial charge in [-0.1, -0.05) is 0 Å². The monoisotopic (exact) mass is 385 g/mol. The summed E-state index contributed by atoms with van der Waals surface area (Å²) in [5.74, 6) is -0.503. The first-order valence-electron chi connectivity index (χ1n) is 8.91. The lowest BCUT2D eigenvalue weighted by atomic mass is 10.0. The van der Waals surface area contributed by atoms with E-state index in [2.05, 4.69) is 5.32 Å². The second kappa shape index (κ2) is 7.84. The number of amides is 1. The SMILES string of the molecule is CCOc1cc2oc(C)c(C)c2cc1/C(C)=C/C(=O)Nc1cc(F)ccc1F. The Morgan fingerprint density at radius 1 is 1.21 bits per heavy atom. The molecule has 0 fully saturated rings. The van der Waals surface area contributed by atoms with Gasteiger partial charge in [-0.15, -0.1) is 0 Å². The van der Waals surface area contributed by atoms with Gasteiger partial charge in [-0.2, -0.15) is 0 Å². The summed E-state index contributed by atoms with van der Waals surface area (Å²) in [5.41, 5.74) is 2.86. The van der Waals surface area contributed by atoms with Crippen molar-refractivity contribution >= 4 is 28.1 Å². The quantitative estimate of drug-likeness (QED) is 0.568. The molecule has 0 bridgehead atoms. The van der Waals surface area contributed by atoms with Crippen molar-refractivity contribution in [2.24, 2.45) is 0 Å². The van der Waals surface area contributed by atoms with E-state index in [0.29, 0.717) is 23.5 Å². The highest BCUT2D eigenvalue weighted by Crippen LogP contribution is 2.35. The highest BCUT2D eigenvalue weighted by Gasteiger charge is 2.15. The molecule has 1 N–H and O–H groups in total. The minimum Gasteiger partial charge on any atom is -0.493 e. The number of fused-ring (bicyclic) bond motifs is 1. The minimum absolute atomic E-state index is 0.212. The van der Waals surface area contributed by atoms with Gasteiger partial charge in [0.2, 0.25) is 5.91 Å². The lowest BCUT2D eigenvalue weighted by Crippen LogP contribution is -2.10. The van der Waals surface area contributed by atoms with Crippen LogP contribution in [0.25, 0.3) is 16.5 Å². The molecule has 0 aliphatic rings. The number of nitrogens with one attached hydrogen (secondary N) is 1. The first-order valence-corrected chi connectivity index (χ1v) is 8.91. The van der Waals surface area contributed by atoms with Crippen LogP contribution in [0.4, 0.5) is 14.5 Å². The summed E-state index contributed by atoms with van der Waals surface area (Å²) in [6.45, 7) is 7.92. The van der Waals surface area contributed by atoms with Crippen molar-refractivity contribution in [3.8, 4) is 5.75 Å². The van der Waals surface area contributed by atoms with E-state index in [4.69, 9.17) is 9.15 Å². The number of aryl methyl sites for hydroxylation is 2. The second-order valence-electron chi connectivity index (χ2n) is 6.50. The molecule has 0 atom stereocenters. The number of hydrogen-bond donors (Lipinski definition) is 1. The van der Waals surface area contributed by atoms with Crippen molar-refractivity contribution in [1.29, 1.82) is 0 Å². The van der Waals surface area contributed by atoms with E-state index in [-0.39, 0.29) is 5.69 Å². The van der Waals surface area contributed by atoms with E-state index in [9.17, 15) is 13.6 Å².